The van der Waals surface area contributed by atoms with Crippen LogP contribution >= 0.6 is 0 Å². The summed E-state index contributed by atoms with van der Waals surface area (Å²) in [5, 5.41) is 21.2. The second-order valence-electron chi connectivity index (χ2n) is 7.93. The van der Waals surface area contributed by atoms with Gasteiger partial charge in [0, 0.05) is 24.7 Å². The number of hydrogen-bond donors (Lipinski definition) is 2. The van der Waals surface area contributed by atoms with Crippen molar-refractivity contribution in [2.45, 2.75) is 56.8 Å². The number of nitro groups is 1. The van der Waals surface area contributed by atoms with Crippen molar-refractivity contribution >= 4 is 23.0 Å². The molecule has 1 aliphatic carbocycles. The molecule has 3 N–H and O–H groups in total. The summed E-state index contributed by atoms with van der Waals surface area (Å²) >= 11 is 0. The van der Waals surface area contributed by atoms with E-state index in [9.17, 15) is 37.6 Å². The van der Waals surface area contributed by atoms with Crippen molar-refractivity contribution in [2.75, 3.05) is 23.7 Å². The summed E-state index contributed by atoms with van der Waals surface area (Å²) in [5.74, 6) is -3.40. The van der Waals surface area contributed by atoms with Crippen molar-refractivity contribution < 1.29 is 32.4 Å². The van der Waals surface area contributed by atoms with Gasteiger partial charge in [0.15, 0.2) is 0 Å². The zero-order valence-electron chi connectivity index (χ0n) is 16.1. The minimum absolute atomic E-state index is 0.0845. The monoisotopic (exact) mass is 433 g/mol. The van der Waals surface area contributed by atoms with Crippen LogP contribution in [0.15, 0.2) is 6.07 Å². The van der Waals surface area contributed by atoms with Crippen LogP contribution in [0.2, 0.25) is 0 Å². The number of nitrogens with zero attached hydrogens (tertiary/aromatic N) is 2. The fraction of sp³-hybridized carbons (Fsp3) is 0.632. The highest BCUT2D eigenvalue weighted by Crippen LogP contribution is 2.49. The summed E-state index contributed by atoms with van der Waals surface area (Å²) < 4.78 is 52.8. The third kappa shape index (κ3) is 4.29. The highest BCUT2D eigenvalue weighted by atomic mass is 19.4. The maximum absolute atomic E-state index is 13.6. The molecular formula is C19H23F4N3O4. The van der Waals surface area contributed by atoms with Gasteiger partial charge in [-0.3, -0.25) is 10.1 Å². The molecule has 2 fully saturated rings. The van der Waals surface area contributed by atoms with Gasteiger partial charge in [-0.05, 0) is 44.4 Å². The molecule has 0 aromatic heterocycles. The van der Waals surface area contributed by atoms with E-state index in [4.69, 9.17) is 5.73 Å². The fourth-order valence-corrected chi connectivity index (χ4v) is 4.54. The first-order valence-electron chi connectivity index (χ1n) is 9.80. The van der Waals surface area contributed by atoms with Crippen LogP contribution in [0.25, 0.3) is 0 Å². The summed E-state index contributed by atoms with van der Waals surface area (Å²) in [7, 11) is 0. The first kappa shape index (κ1) is 22.1. The maximum Gasteiger partial charge on any atom is 0.391 e. The van der Waals surface area contributed by atoms with Crippen molar-refractivity contribution in [1.29, 1.82) is 0 Å². The number of carbonyl (C=O) groups is 1. The summed E-state index contributed by atoms with van der Waals surface area (Å²) in [6, 6.07) is 0.888. The van der Waals surface area contributed by atoms with Gasteiger partial charge in [0.25, 0.3) is 5.69 Å². The first-order chi connectivity index (χ1) is 14.0. The van der Waals surface area contributed by atoms with Crippen LogP contribution in [0.3, 0.4) is 0 Å². The van der Waals surface area contributed by atoms with E-state index in [-0.39, 0.29) is 74.1 Å². The molecular weight excluding hydrogens is 410 g/mol. The smallest absolute Gasteiger partial charge is 0.391 e. The van der Waals surface area contributed by atoms with Crippen LogP contribution in [-0.2, 0) is 0 Å². The molecule has 1 saturated heterocycles. The van der Waals surface area contributed by atoms with Gasteiger partial charge in [0.05, 0.1) is 22.1 Å². The molecule has 1 aromatic rings. The van der Waals surface area contributed by atoms with Crippen molar-refractivity contribution in [3.63, 3.8) is 0 Å². The number of halogens is 4. The lowest BCUT2D eigenvalue weighted by Gasteiger charge is -2.37. The number of benzene rings is 1. The van der Waals surface area contributed by atoms with Crippen molar-refractivity contribution in [2.24, 2.45) is 5.92 Å². The van der Waals surface area contributed by atoms with E-state index in [1.165, 1.54) is 0 Å². The molecule has 0 atom stereocenters. The molecule has 0 radical (unpaired) electrons. The van der Waals surface area contributed by atoms with Crippen LogP contribution in [-0.4, -0.2) is 41.4 Å². The Morgan fingerprint density at radius 2 is 1.73 bits per heavy atom. The number of rotatable bonds is 4. The Balaban J connectivity index is 2.09. The van der Waals surface area contributed by atoms with Gasteiger partial charge in [-0.2, -0.15) is 13.2 Å². The minimum atomic E-state index is -4.32. The van der Waals surface area contributed by atoms with Gasteiger partial charge < -0.3 is 15.7 Å². The van der Waals surface area contributed by atoms with Gasteiger partial charge in [0.2, 0.25) is 0 Å². The Bertz CT molecular complexity index is 830. The molecule has 0 bridgehead atoms. The Kier molecular flexibility index (Phi) is 6.09. The molecule has 1 saturated carbocycles. The number of nitro benzene ring substituents is 1. The van der Waals surface area contributed by atoms with Gasteiger partial charge >= 0.3 is 12.1 Å². The molecule has 0 amide bonds. The fourth-order valence-electron chi connectivity index (χ4n) is 4.54. The van der Waals surface area contributed by atoms with E-state index >= 15 is 0 Å². The lowest BCUT2D eigenvalue weighted by Crippen LogP contribution is -2.37. The standard InChI is InChI=1S/C19H23F4N3O4/c20-12-5-7-25(8-6-12)17-13(18(27)28)9-14(26(29)30)16(24)15(17)10-1-3-11(4-2-10)19(21,22)23/h9-12H,1-8,24H2,(H,27,28). The molecule has 166 valence electrons. The number of alkyl halides is 4. The van der Waals surface area contributed by atoms with Crippen molar-refractivity contribution in [3.8, 4) is 0 Å². The normalized spacial score (nSPS) is 23.4. The van der Waals surface area contributed by atoms with Crippen molar-refractivity contribution in [3.05, 3.63) is 27.3 Å². The SMILES string of the molecule is Nc1c([N+](=O)[O-])cc(C(=O)O)c(N2CCC(F)CC2)c1C1CCC(C(F)(F)F)CC1. The topological polar surface area (TPSA) is 110 Å². The third-order valence-electron chi connectivity index (χ3n) is 6.12. The average molecular weight is 433 g/mol. The first-order valence-corrected chi connectivity index (χ1v) is 9.80. The predicted molar refractivity (Wildman–Crippen MR) is 102 cm³/mol. The Morgan fingerprint density at radius 1 is 1.17 bits per heavy atom. The second kappa shape index (κ2) is 8.27. The van der Waals surface area contributed by atoms with E-state index in [1.54, 1.807) is 4.90 Å². The van der Waals surface area contributed by atoms with Gasteiger partial charge in [-0.25, -0.2) is 9.18 Å². The maximum atomic E-state index is 13.6. The quantitative estimate of drug-likeness (QED) is 0.310. The molecule has 3 rings (SSSR count). The lowest BCUT2D eigenvalue weighted by molar-refractivity contribution is -0.384. The summed E-state index contributed by atoms with van der Waals surface area (Å²) in [6.07, 6.45) is -5.18. The molecule has 11 heteroatoms. The minimum Gasteiger partial charge on any atom is -0.478 e. The molecule has 1 aromatic carbocycles. The molecule has 2 aliphatic rings. The van der Waals surface area contributed by atoms with Gasteiger partial charge in [-0.1, -0.05) is 0 Å². The number of aromatic carboxylic acids is 1. The molecule has 0 unspecified atom stereocenters. The summed E-state index contributed by atoms with van der Waals surface area (Å²) in [4.78, 5) is 24.2. The summed E-state index contributed by atoms with van der Waals surface area (Å²) in [6.45, 7) is 0.396. The number of carboxylic acids is 1. The third-order valence-corrected chi connectivity index (χ3v) is 6.12. The van der Waals surface area contributed by atoms with E-state index in [1.807, 2.05) is 0 Å². The number of hydrogen-bond acceptors (Lipinski definition) is 5. The molecule has 1 aliphatic heterocycles. The predicted octanol–water partition coefficient (Wildman–Crippen LogP) is 4.65. The summed E-state index contributed by atoms with van der Waals surface area (Å²) in [5.41, 5.74) is 5.33. The number of anilines is 2. The van der Waals surface area contributed by atoms with Crippen LogP contribution in [0.4, 0.5) is 34.6 Å². The van der Waals surface area contributed by atoms with Crippen LogP contribution in [0, 0.1) is 16.0 Å². The van der Waals surface area contributed by atoms with E-state index in [0.29, 0.717) is 0 Å². The largest absolute Gasteiger partial charge is 0.478 e. The zero-order valence-corrected chi connectivity index (χ0v) is 16.1. The van der Waals surface area contributed by atoms with E-state index in [0.717, 1.165) is 6.07 Å². The zero-order chi connectivity index (χ0) is 22.2. The Labute approximate surface area is 170 Å². The molecule has 7 nitrogen and oxygen atoms in total. The molecule has 0 spiro atoms. The van der Waals surface area contributed by atoms with E-state index in [2.05, 4.69) is 0 Å². The molecule has 30 heavy (non-hydrogen) atoms. The Hall–Kier alpha value is -2.59. The highest BCUT2D eigenvalue weighted by Gasteiger charge is 2.43. The average Bonchev–Trinajstić information content (AvgIpc) is 2.67. The van der Waals surface area contributed by atoms with Crippen LogP contribution in [0.1, 0.15) is 60.4 Å². The van der Waals surface area contributed by atoms with E-state index < -0.39 is 40.8 Å². The number of carboxylic acid groups (broad SMARTS) is 1. The number of nitrogens with two attached hydrogens (primary N) is 1. The Morgan fingerprint density at radius 3 is 2.20 bits per heavy atom. The van der Waals surface area contributed by atoms with Crippen LogP contribution in [0.5, 0.6) is 0 Å². The van der Waals surface area contributed by atoms with Gasteiger partial charge in [-0.15, -0.1) is 0 Å². The second-order valence-corrected chi connectivity index (χ2v) is 7.93. The van der Waals surface area contributed by atoms with Crippen LogP contribution < -0.4 is 10.6 Å². The number of nitrogen functional groups attached to an aromatic ring is 1. The lowest BCUT2D eigenvalue weighted by atomic mass is 9.76. The van der Waals surface area contributed by atoms with Crippen molar-refractivity contribution in [1.82, 2.24) is 0 Å². The number of piperidine rings is 1. The molecule has 1 heterocycles. The van der Waals surface area contributed by atoms with Gasteiger partial charge in [0.1, 0.15) is 11.9 Å². The highest BCUT2D eigenvalue weighted by molar-refractivity contribution is 5.99.